The fraction of sp³-hybridized carbons (Fsp3) is 0.500. The Kier molecular flexibility index (Phi) is 8.89. The van der Waals surface area contributed by atoms with Crippen molar-refractivity contribution in [2.75, 3.05) is 0 Å². The summed E-state index contributed by atoms with van der Waals surface area (Å²) < 4.78 is 20.9. The van der Waals surface area contributed by atoms with Gasteiger partial charge in [0.2, 0.25) is 11.8 Å². The Balaban J connectivity index is 1.63. The van der Waals surface area contributed by atoms with Gasteiger partial charge < -0.3 is 21.1 Å². The highest BCUT2D eigenvalue weighted by molar-refractivity contribution is 5.93. The monoisotopic (exact) mass is 472 g/mol. The Hall–Kier alpha value is -3.11. The molecule has 0 saturated heterocycles. The molecule has 1 aromatic heterocycles. The summed E-state index contributed by atoms with van der Waals surface area (Å²) in [7, 11) is 0. The summed E-state index contributed by atoms with van der Waals surface area (Å²) in [5.41, 5.74) is 8.33. The minimum Gasteiger partial charge on any atom is -0.369 e. The van der Waals surface area contributed by atoms with E-state index in [9.17, 15) is 14.0 Å². The highest BCUT2D eigenvalue weighted by Gasteiger charge is 2.35. The van der Waals surface area contributed by atoms with Crippen LogP contribution in [0.3, 0.4) is 0 Å². The second-order valence-electron chi connectivity index (χ2n) is 8.54. The number of hydrogen-bond acceptors (Lipinski definition) is 6. The SMILES string of the molecule is CCC(CC)O[C@@H]1C=C(C(=O)NCc2cn(Cc3ccc(F)cc3)nn2)C[C@H](N)[C@H]1NC(C)=O. The van der Waals surface area contributed by atoms with E-state index in [1.165, 1.54) is 19.1 Å². The molecule has 0 radical (unpaired) electrons. The van der Waals surface area contributed by atoms with Crippen LogP contribution in [0.1, 0.15) is 51.3 Å². The zero-order valence-corrected chi connectivity index (χ0v) is 19.8. The topological polar surface area (TPSA) is 124 Å². The van der Waals surface area contributed by atoms with Crippen molar-refractivity contribution in [1.82, 2.24) is 25.6 Å². The zero-order chi connectivity index (χ0) is 24.7. The van der Waals surface area contributed by atoms with Crippen molar-refractivity contribution < 1.29 is 18.7 Å². The summed E-state index contributed by atoms with van der Waals surface area (Å²) in [6, 6.07) is 5.31. The Morgan fingerprint density at radius 2 is 1.97 bits per heavy atom. The molecule has 34 heavy (non-hydrogen) atoms. The van der Waals surface area contributed by atoms with E-state index in [-0.39, 0.29) is 30.3 Å². The van der Waals surface area contributed by atoms with E-state index in [2.05, 4.69) is 20.9 Å². The molecule has 184 valence electrons. The predicted molar refractivity (Wildman–Crippen MR) is 125 cm³/mol. The summed E-state index contributed by atoms with van der Waals surface area (Å²) in [5.74, 6) is -0.745. The number of nitrogens with zero attached hydrogens (tertiary/aromatic N) is 3. The number of ether oxygens (including phenoxy) is 1. The van der Waals surface area contributed by atoms with Gasteiger partial charge in [0.25, 0.3) is 0 Å². The van der Waals surface area contributed by atoms with Gasteiger partial charge in [-0.05, 0) is 43.0 Å². The molecule has 0 bridgehead atoms. The van der Waals surface area contributed by atoms with Crippen LogP contribution in [-0.2, 0) is 27.4 Å². The number of carbonyl (C=O) groups excluding carboxylic acids is 2. The van der Waals surface area contributed by atoms with Crippen molar-refractivity contribution in [3.8, 4) is 0 Å². The number of hydrogen-bond donors (Lipinski definition) is 3. The normalized spacial score (nSPS) is 20.2. The Morgan fingerprint density at radius 1 is 1.26 bits per heavy atom. The van der Waals surface area contributed by atoms with Gasteiger partial charge in [0.05, 0.1) is 37.5 Å². The molecule has 0 fully saturated rings. The largest absolute Gasteiger partial charge is 0.369 e. The maximum Gasteiger partial charge on any atom is 0.247 e. The molecular formula is C24H33FN6O3. The van der Waals surface area contributed by atoms with Crippen LogP contribution in [0.15, 0.2) is 42.1 Å². The third kappa shape index (κ3) is 6.94. The molecule has 0 unspecified atom stereocenters. The van der Waals surface area contributed by atoms with E-state index < -0.39 is 18.2 Å². The van der Waals surface area contributed by atoms with Gasteiger partial charge in [-0.3, -0.25) is 9.59 Å². The molecule has 10 heteroatoms. The second kappa shape index (κ2) is 11.8. The molecule has 4 N–H and O–H groups in total. The van der Waals surface area contributed by atoms with E-state index in [0.717, 1.165) is 18.4 Å². The van der Waals surface area contributed by atoms with Gasteiger partial charge in [0.15, 0.2) is 0 Å². The van der Waals surface area contributed by atoms with Crippen molar-refractivity contribution >= 4 is 11.8 Å². The van der Waals surface area contributed by atoms with Gasteiger partial charge in [0.1, 0.15) is 11.5 Å². The number of aromatic nitrogens is 3. The molecular weight excluding hydrogens is 439 g/mol. The summed E-state index contributed by atoms with van der Waals surface area (Å²) in [5, 5.41) is 13.9. The maximum absolute atomic E-state index is 13.1. The first-order valence-electron chi connectivity index (χ1n) is 11.6. The van der Waals surface area contributed by atoms with Crippen LogP contribution in [0.5, 0.6) is 0 Å². The van der Waals surface area contributed by atoms with Gasteiger partial charge in [-0.15, -0.1) is 5.10 Å². The number of amides is 2. The number of benzene rings is 1. The lowest BCUT2D eigenvalue weighted by Crippen LogP contribution is -2.57. The fourth-order valence-corrected chi connectivity index (χ4v) is 3.97. The van der Waals surface area contributed by atoms with Crippen LogP contribution in [0, 0.1) is 5.82 Å². The minimum absolute atomic E-state index is 0.00302. The van der Waals surface area contributed by atoms with E-state index in [4.69, 9.17) is 10.5 Å². The van der Waals surface area contributed by atoms with Crippen LogP contribution in [-0.4, -0.2) is 51.1 Å². The van der Waals surface area contributed by atoms with Crippen LogP contribution in [0.2, 0.25) is 0 Å². The molecule has 2 aromatic rings. The van der Waals surface area contributed by atoms with Gasteiger partial charge in [-0.25, -0.2) is 9.07 Å². The smallest absolute Gasteiger partial charge is 0.247 e. The zero-order valence-electron chi connectivity index (χ0n) is 19.8. The molecule has 1 aromatic carbocycles. The lowest BCUT2D eigenvalue weighted by atomic mass is 9.87. The second-order valence-corrected chi connectivity index (χ2v) is 8.54. The molecule has 3 rings (SSSR count). The number of halogens is 1. The molecule has 2 amide bonds. The van der Waals surface area contributed by atoms with Gasteiger partial charge in [-0.1, -0.05) is 31.2 Å². The standard InChI is InChI=1S/C24H33FN6O3/c1-4-20(5-2)34-22-11-17(10-21(26)23(22)28-15(3)32)24(33)27-12-19-14-31(30-29-19)13-16-6-8-18(25)9-7-16/h6-9,11,14,20-23H,4-5,10,12-13,26H2,1-3H3,(H,27,33)(H,28,32)/t21-,22+,23+/m0/s1. The van der Waals surface area contributed by atoms with E-state index >= 15 is 0 Å². The fourth-order valence-electron chi connectivity index (χ4n) is 3.97. The quantitative estimate of drug-likeness (QED) is 0.485. The lowest BCUT2D eigenvalue weighted by Gasteiger charge is -2.36. The van der Waals surface area contributed by atoms with E-state index in [1.807, 2.05) is 13.8 Å². The van der Waals surface area contributed by atoms with Crippen LogP contribution in [0.4, 0.5) is 4.39 Å². The summed E-state index contributed by atoms with van der Waals surface area (Å²) in [6.07, 6.45) is 4.96. The van der Waals surface area contributed by atoms with Crippen molar-refractivity contribution in [2.24, 2.45) is 5.73 Å². The average molecular weight is 473 g/mol. The van der Waals surface area contributed by atoms with Gasteiger partial charge >= 0.3 is 0 Å². The van der Waals surface area contributed by atoms with Crippen LogP contribution >= 0.6 is 0 Å². The maximum atomic E-state index is 13.1. The Bertz CT molecular complexity index is 1000. The molecule has 3 atom stereocenters. The van der Waals surface area contributed by atoms with Crippen LogP contribution < -0.4 is 16.4 Å². The number of carbonyl (C=O) groups is 2. The third-order valence-corrected chi connectivity index (χ3v) is 5.83. The summed E-state index contributed by atoms with van der Waals surface area (Å²) in [6.45, 7) is 6.15. The first kappa shape index (κ1) is 25.5. The molecule has 1 heterocycles. The van der Waals surface area contributed by atoms with Crippen molar-refractivity contribution in [3.63, 3.8) is 0 Å². The highest BCUT2D eigenvalue weighted by Crippen LogP contribution is 2.23. The average Bonchev–Trinajstić information content (AvgIpc) is 3.26. The first-order chi connectivity index (χ1) is 16.3. The van der Waals surface area contributed by atoms with Crippen molar-refractivity contribution in [2.45, 2.75) is 77.4 Å². The van der Waals surface area contributed by atoms with Crippen LogP contribution in [0.25, 0.3) is 0 Å². The Labute approximate surface area is 198 Å². The molecule has 0 aliphatic heterocycles. The molecule has 0 spiro atoms. The predicted octanol–water partition coefficient (Wildman–Crippen LogP) is 1.82. The van der Waals surface area contributed by atoms with Crippen molar-refractivity contribution in [3.05, 3.63) is 59.2 Å². The highest BCUT2D eigenvalue weighted by atomic mass is 19.1. The summed E-state index contributed by atoms with van der Waals surface area (Å²) in [4.78, 5) is 24.6. The lowest BCUT2D eigenvalue weighted by molar-refractivity contribution is -0.121. The first-order valence-corrected chi connectivity index (χ1v) is 11.6. The number of nitrogens with two attached hydrogens (primary N) is 1. The minimum atomic E-state index is -0.491. The van der Waals surface area contributed by atoms with Crippen molar-refractivity contribution in [1.29, 1.82) is 0 Å². The van der Waals surface area contributed by atoms with Gasteiger partial charge in [0, 0.05) is 18.5 Å². The number of rotatable bonds is 10. The van der Waals surface area contributed by atoms with E-state index in [1.54, 1.807) is 29.1 Å². The van der Waals surface area contributed by atoms with Gasteiger partial charge in [-0.2, -0.15) is 0 Å². The number of nitrogens with one attached hydrogen (secondary N) is 2. The Morgan fingerprint density at radius 3 is 2.62 bits per heavy atom. The molecule has 0 saturated carbocycles. The molecule has 1 aliphatic carbocycles. The third-order valence-electron chi connectivity index (χ3n) is 5.83. The molecule has 1 aliphatic rings. The van der Waals surface area contributed by atoms with E-state index in [0.29, 0.717) is 24.2 Å². The molecule has 9 nitrogen and oxygen atoms in total. The summed E-state index contributed by atoms with van der Waals surface area (Å²) >= 11 is 0.